The van der Waals surface area contributed by atoms with Gasteiger partial charge in [0, 0.05) is 17.7 Å². The van der Waals surface area contributed by atoms with E-state index >= 15 is 0 Å². The van der Waals surface area contributed by atoms with Crippen molar-refractivity contribution in [1.29, 1.82) is 5.26 Å². The molecule has 0 amide bonds. The van der Waals surface area contributed by atoms with Gasteiger partial charge in [-0.15, -0.1) is 0 Å². The summed E-state index contributed by atoms with van der Waals surface area (Å²) in [6, 6.07) is 10.4. The van der Waals surface area contributed by atoms with Crippen molar-refractivity contribution in [3.8, 4) is 22.9 Å². The highest BCUT2D eigenvalue weighted by Crippen LogP contribution is 2.24. The third-order valence-electron chi connectivity index (χ3n) is 3.13. The Morgan fingerprint density at radius 1 is 1.32 bits per heavy atom. The number of aromatic nitrogens is 1. The molecule has 0 unspecified atom stereocenters. The van der Waals surface area contributed by atoms with Crippen molar-refractivity contribution in [1.82, 2.24) is 4.98 Å². The van der Waals surface area contributed by atoms with E-state index < -0.39 is 5.56 Å². The zero-order valence-corrected chi connectivity index (χ0v) is 12.5. The Labute approximate surface area is 128 Å². The lowest BCUT2D eigenvalue weighted by Crippen LogP contribution is -2.12. The number of ether oxygens (including phenoxy) is 1. The molecule has 1 heterocycles. The summed E-state index contributed by atoms with van der Waals surface area (Å²) in [7, 11) is 0. The predicted molar refractivity (Wildman–Crippen MR) is 82.5 cm³/mol. The van der Waals surface area contributed by atoms with E-state index in [0.717, 1.165) is 12.0 Å². The maximum absolute atomic E-state index is 11.8. The van der Waals surface area contributed by atoms with Crippen molar-refractivity contribution in [2.45, 2.75) is 26.7 Å². The van der Waals surface area contributed by atoms with Crippen molar-refractivity contribution >= 4 is 5.97 Å². The smallest absolute Gasteiger partial charge is 0.311 e. The highest BCUT2D eigenvalue weighted by atomic mass is 16.5. The lowest BCUT2D eigenvalue weighted by atomic mass is 10.0. The van der Waals surface area contributed by atoms with E-state index in [0.29, 0.717) is 23.4 Å². The minimum absolute atomic E-state index is 0.0707. The Kier molecular flexibility index (Phi) is 4.74. The molecule has 5 nitrogen and oxygen atoms in total. The molecular formula is C17H16N2O3. The van der Waals surface area contributed by atoms with Crippen molar-refractivity contribution < 1.29 is 9.53 Å². The van der Waals surface area contributed by atoms with Gasteiger partial charge in [0.1, 0.15) is 17.4 Å². The van der Waals surface area contributed by atoms with Crippen LogP contribution < -0.4 is 10.3 Å². The largest absolute Gasteiger partial charge is 0.427 e. The number of H-pyrrole nitrogens is 1. The third kappa shape index (κ3) is 3.41. The second-order valence-corrected chi connectivity index (χ2v) is 4.93. The Bertz CT molecular complexity index is 783. The van der Waals surface area contributed by atoms with E-state index in [1.54, 1.807) is 37.3 Å². The Morgan fingerprint density at radius 3 is 2.59 bits per heavy atom. The van der Waals surface area contributed by atoms with Crippen molar-refractivity contribution in [2.75, 3.05) is 0 Å². The summed E-state index contributed by atoms with van der Waals surface area (Å²) >= 11 is 0. The molecule has 0 atom stereocenters. The van der Waals surface area contributed by atoms with Gasteiger partial charge in [-0.2, -0.15) is 5.26 Å². The van der Waals surface area contributed by atoms with Gasteiger partial charge in [0.25, 0.3) is 5.56 Å². The molecule has 0 spiro atoms. The number of esters is 1. The van der Waals surface area contributed by atoms with Crippen LogP contribution in [0.4, 0.5) is 0 Å². The van der Waals surface area contributed by atoms with Crippen LogP contribution in [0.25, 0.3) is 11.1 Å². The lowest BCUT2D eigenvalue weighted by Gasteiger charge is -2.07. The maximum atomic E-state index is 11.8. The summed E-state index contributed by atoms with van der Waals surface area (Å²) in [5, 5.41) is 9.14. The molecule has 2 rings (SSSR count). The first-order valence-electron chi connectivity index (χ1n) is 7.00. The molecular weight excluding hydrogens is 280 g/mol. The van der Waals surface area contributed by atoms with Crippen molar-refractivity contribution in [3.05, 3.63) is 51.9 Å². The maximum Gasteiger partial charge on any atom is 0.311 e. The number of nitrogens with zero attached hydrogens (tertiary/aromatic N) is 1. The first-order chi connectivity index (χ1) is 10.5. The van der Waals surface area contributed by atoms with Gasteiger partial charge in [-0.1, -0.05) is 19.1 Å². The quantitative estimate of drug-likeness (QED) is 0.694. The lowest BCUT2D eigenvalue weighted by molar-refractivity contribution is -0.134. The first kappa shape index (κ1) is 15.5. The molecule has 0 aliphatic heterocycles. The number of hydrogen-bond acceptors (Lipinski definition) is 4. The summed E-state index contributed by atoms with van der Waals surface area (Å²) in [4.78, 5) is 25.9. The molecule has 1 aromatic heterocycles. The first-order valence-corrected chi connectivity index (χ1v) is 7.00. The molecule has 0 saturated heterocycles. The van der Waals surface area contributed by atoms with Gasteiger partial charge in [-0.25, -0.2) is 0 Å². The monoisotopic (exact) mass is 296 g/mol. The van der Waals surface area contributed by atoms with Crippen LogP contribution in [0.2, 0.25) is 0 Å². The number of nitriles is 1. The van der Waals surface area contributed by atoms with E-state index in [4.69, 9.17) is 10.00 Å². The number of carbonyl (C=O) groups excluding carboxylic acids is 1. The topological polar surface area (TPSA) is 83.0 Å². The molecule has 22 heavy (non-hydrogen) atoms. The van der Waals surface area contributed by atoms with Gasteiger partial charge in [-0.3, -0.25) is 9.59 Å². The zero-order valence-electron chi connectivity index (χ0n) is 12.5. The summed E-state index contributed by atoms with van der Waals surface area (Å²) in [5.74, 6) is 0.169. The summed E-state index contributed by atoms with van der Waals surface area (Å²) in [5.41, 5.74) is 1.63. The minimum Gasteiger partial charge on any atom is -0.427 e. The van der Waals surface area contributed by atoms with Gasteiger partial charge < -0.3 is 9.72 Å². The molecule has 1 aromatic carbocycles. The predicted octanol–water partition coefficient (Wildman–Crippen LogP) is 2.93. The summed E-state index contributed by atoms with van der Waals surface area (Å²) in [6.07, 6.45) is 1.10. The zero-order chi connectivity index (χ0) is 16.1. The fraction of sp³-hybridized carbons (Fsp3) is 0.235. The van der Waals surface area contributed by atoms with Crippen LogP contribution >= 0.6 is 0 Å². The van der Waals surface area contributed by atoms with Crippen LogP contribution in [0.15, 0.2) is 35.1 Å². The van der Waals surface area contributed by atoms with Crippen LogP contribution in [-0.2, 0) is 4.79 Å². The third-order valence-corrected chi connectivity index (χ3v) is 3.13. The van der Waals surface area contributed by atoms with Gasteiger partial charge in [-0.05, 0) is 37.1 Å². The SMILES string of the molecule is CCCC(=O)Oc1ccc(-c2cc(C)[nH]c(=O)c2C#N)cc1. The Balaban J connectivity index is 2.34. The molecule has 0 aliphatic rings. The average Bonchev–Trinajstić information content (AvgIpc) is 2.47. The second kappa shape index (κ2) is 6.72. The van der Waals surface area contributed by atoms with Gasteiger partial charge in [0.2, 0.25) is 0 Å². The average molecular weight is 296 g/mol. The molecule has 1 N–H and O–H groups in total. The number of nitrogens with one attached hydrogen (secondary N) is 1. The summed E-state index contributed by atoms with van der Waals surface area (Å²) in [6.45, 7) is 3.66. The number of aromatic amines is 1. The molecule has 5 heteroatoms. The number of rotatable bonds is 4. The van der Waals surface area contributed by atoms with E-state index in [9.17, 15) is 9.59 Å². The number of aryl methyl sites for hydroxylation is 1. The highest BCUT2D eigenvalue weighted by molar-refractivity contribution is 5.74. The number of hydrogen-bond donors (Lipinski definition) is 1. The number of pyridine rings is 1. The van der Waals surface area contributed by atoms with Gasteiger partial charge in [0.15, 0.2) is 0 Å². The van der Waals surface area contributed by atoms with E-state index in [1.165, 1.54) is 0 Å². The number of benzene rings is 1. The molecule has 0 saturated carbocycles. The molecule has 2 aromatic rings. The molecule has 0 fully saturated rings. The van der Waals surface area contributed by atoms with Crippen molar-refractivity contribution in [3.63, 3.8) is 0 Å². The van der Waals surface area contributed by atoms with E-state index in [-0.39, 0.29) is 11.5 Å². The fourth-order valence-corrected chi connectivity index (χ4v) is 2.12. The summed E-state index contributed by atoms with van der Waals surface area (Å²) < 4.78 is 5.18. The molecule has 112 valence electrons. The van der Waals surface area contributed by atoms with E-state index in [2.05, 4.69) is 4.98 Å². The van der Waals surface area contributed by atoms with Gasteiger partial charge in [0.05, 0.1) is 0 Å². The van der Waals surface area contributed by atoms with Crippen LogP contribution in [0.3, 0.4) is 0 Å². The van der Waals surface area contributed by atoms with Crippen LogP contribution in [-0.4, -0.2) is 11.0 Å². The van der Waals surface area contributed by atoms with Crippen LogP contribution in [0, 0.1) is 18.3 Å². The second-order valence-electron chi connectivity index (χ2n) is 4.93. The van der Waals surface area contributed by atoms with Gasteiger partial charge >= 0.3 is 5.97 Å². The standard InChI is InChI=1S/C17H16N2O3/c1-3-4-16(20)22-13-7-5-12(6-8-13)14-9-11(2)19-17(21)15(14)10-18/h5-9H,3-4H2,1-2H3,(H,19,21). The molecule has 0 radical (unpaired) electrons. The van der Waals surface area contributed by atoms with Crippen LogP contribution in [0.1, 0.15) is 31.0 Å². The Hall–Kier alpha value is -2.87. The number of carbonyl (C=O) groups is 1. The Morgan fingerprint density at radius 2 is 2.00 bits per heavy atom. The molecule has 0 aliphatic carbocycles. The van der Waals surface area contributed by atoms with E-state index in [1.807, 2.05) is 13.0 Å². The normalized spacial score (nSPS) is 10.0. The minimum atomic E-state index is -0.407. The van der Waals surface area contributed by atoms with Crippen LogP contribution in [0.5, 0.6) is 5.75 Å². The van der Waals surface area contributed by atoms with Crippen molar-refractivity contribution in [2.24, 2.45) is 0 Å². The molecule has 0 bridgehead atoms. The fourth-order valence-electron chi connectivity index (χ4n) is 2.12. The highest BCUT2D eigenvalue weighted by Gasteiger charge is 2.11.